The van der Waals surface area contributed by atoms with Crippen molar-refractivity contribution in [3.63, 3.8) is 0 Å². The molecule has 0 saturated heterocycles. The molecule has 1 aliphatic rings. The van der Waals surface area contributed by atoms with Crippen molar-refractivity contribution < 1.29 is 24.2 Å². The molecule has 0 bridgehead atoms. The highest BCUT2D eigenvalue weighted by molar-refractivity contribution is 7.22. The molecule has 1 N–H and O–H groups in total. The predicted molar refractivity (Wildman–Crippen MR) is 145 cm³/mol. The number of fused-ring (bicyclic) bond motifs is 1. The number of nitrogens with zero attached hydrogens (tertiary/aromatic N) is 2. The number of hydrogen-bond acceptors (Lipinski definition) is 7. The smallest absolute Gasteiger partial charge is 0.296 e. The average molecular weight is 533 g/mol. The minimum absolute atomic E-state index is 0.0540. The lowest BCUT2D eigenvalue weighted by Crippen LogP contribution is -2.30. The molecule has 1 aliphatic heterocycles. The summed E-state index contributed by atoms with van der Waals surface area (Å²) in [5.74, 6) is -0.939. The molecule has 2 heterocycles. The Hall–Kier alpha value is -4.14. The molecule has 7 nitrogen and oxygen atoms in total. The highest BCUT2D eigenvalue weighted by Gasteiger charge is 2.45. The first kappa shape index (κ1) is 24.5. The van der Waals surface area contributed by atoms with E-state index in [0.717, 1.165) is 10.3 Å². The monoisotopic (exact) mass is 532 g/mol. The number of carbonyl (C=O) groups is 2. The Bertz CT molecular complexity index is 1580. The fourth-order valence-electron chi connectivity index (χ4n) is 4.21. The molecule has 0 spiro atoms. The third-order valence-corrected chi connectivity index (χ3v) is 7.22. The summed E-state index contributed by atoms with van der Waals surface area (Å²) in [6.45, 7) is 0. The maximum Gasteiger partial charge on any atom is 0.296 e. The molecule has 0 radical (unpaired) electrons. The van der Waals surface area contributed by atoms with Crippen molar-refractivity contribution in [3.05, 3.63) is 100 Å². The molecular weight excluding hydrogens is 512 g/mol. The number of halogens is 1. The molecular formula is C28H21ClN2O5S. The zero-order valence-corrected chi connectivity index (χ0v) is 21.4. The summed E-state index contributed by atoms with van der Waals surface area (Å²) in [5.41, 5.74) is 1.94. The number of rotatable bonds is 7. The van der Waals surface area contributed by atoms with Gasteiger partial charge in [0, 0.05) is 5.02 Å². The normalized spacial score (nSPS) is 15.7. The third-order valence-electron chi connectivity index (χ3n) is 5.97. The van der Waals surface area contributed by atoms with Crippen LogP contribution >= 0.6 is 22.9 Å². The zero-order valence-electron chi connectivity index (χ0n) is 19.8. The molecule has 0 saturated carbocycles. The van der Waals surface area contributed by atoms with Crippen LogP contribution in [0, 0.1) is 0 Å². The van der Waals surface area contributed by atoms with Gasteiger partial charge in [-0.1, -0.05) is 65.4 Å². The quantitative estimate of drug-likeness (QED) is 0.287. The van der Waals surface area contributed by atoms with Gasteiger partial charge in [-0.25, -0.2) is 4.98 Å². The van der Waals surface area contributed by atoms with E-state index in [4.69, 9.17) is 21.1 Å². The van der Waals surface area contributed by atoms with Gasteiger partial charge in [-0.3, -0.25) is 14.5 Å². The van der Waals surface area contributed by atoms with Crippen molar-refractivity contribution >= 4 is 56.1 Å². The molecule has 0 aliphatic carbocycles. The van der Waals surface area contributed by atoms with Gasteiger partial charge < -0.3 is 14.6 Å². The van der Waals surface area contributed by atoms with Gasteiger partial charge in [0.25, 0.3) is 5.91 Å². The lowest BCUT2D eigenvalue weighted by Gasteiger charge is -2.24. The summed E-state index contributed by atoms with van der Waals surface area (Å²) in [4.78, 5) is 32.8. The van der Waals surface area contributed by atoms with Gasteiger partial charge in [-0.2, -0.15) is 0 Å². The minimum Gasteiger partial charge on any atom is -0.503 e. The third kappa shape index (κ3) is 4.57. The van der Waals surface area contributed by atoms with E-state index in [2.05, 4.69) is 4.98 Å². The number of anilines is 1. The average Bonchev–Trinajstić information content (AvgIpc) is 3.44. The minimum atomic E-state index is -0.948. The number of hydrogen-bond donors (Lipinski definition) is 1. The number of amides is 1. The van der Waals surface area contributed by atoms with Gasteiger partial charge >= 0.3 is 0 Å². The van der Waals surface area contributed by atoms with Crippen molar-refractivity contribution in [1.29, 1.82) is 0 Å². The van der Waals surface area contributed by atoms with Crippen LogP contribution in [0.15, 0.2) is 84.1 Å². The fraction of sp³-hybridized carbons (Fsp3) is 0.107. The molecule has 186 valence electrons. The first-order valence-electron chi connectivity index (χ1n) is 11.2. The largest absolute Gasteiger partial charge is 0.503 e. The van der Waals surface area contributed by atoms with Crippen LogP contribution in [0.1, 0.15) is 17.2 Å². The summed E-state index contributed by atoms with van der Waals surface area (Å²) in [7, 11) is 3.02. The first-order chi connectivity index (χ1) is 17.9. The van der Waals surface area contributed by atoms with E-state index < -0.39 is 23.5 Å². The fourth-order valence-corrected chi connectivity index (χ4v) is 5.48. The van der Waals surface area contributed by atoms with Crippen LogP contribution in [-0.2, 0) is 9.59 Å². The van der Waals surface area contributed by atoms with Crippen molar-refractivity contribution in [2.45, 2.75) is 6.04 Å². The summed E-state index contributed by atoms with van der Waals surface area (Å²) in [6.07, 6.45) is 2.99. The molecule has 1 amide bonds. The number of thiazole rings is 1. The Morgan fingerprint density at radius 3 is 2.54 bits per heavy atom. The lowest BCUT2D eigenvalue weighted by molar-refractivity contribution is -0.117. The van der Waals surface area contributed by atoms with E-state index in [1.807, 2.05) is 30.3 Å². The summed E-state index contributed by atoms with van der Waals surface area (Å²) in [5, 5.41) is 11.8. The SMILES string of the molecule is COc1ccc(C2C(C(=O)/C=C/c3ccccc3)=C(O)C(=O)N2c2nc3ccc(Cl)cc3s2)cc1OC. The van der Waals surface area contributed by atoms with Gasteiger partial charge in [-0.05, 0) is 47.5 Å². The van der Waals surface area contributed by atoms with Gasteiger partial charge in [0.2, 0.25) is 0 Å². The number of carbonyl (C=O) groups excluding carboxylic acids is 2. The summed E-state index contributed by atoms with van der Waals surface area (Å²) in [6, 6.07) is 18.7. The van der Waals surface area contributed by atoms with Crippen LogP contribution in [0.4, 0.5) is 5.13 Å². The van der Waals surface area contributed by atoms with Gasteiger partial charge in [0.05, 0.1) is 36.1 Å². The molecule has 3 aromatic carbocycles. The standard InChI is InChI=1S/C28H21ClN2O5S/c1-35-21-13-9-17(14-22(21)36-2)25-24(20(32)12-8-16-6-4-3-5-7-16)26(33)27(34)31(25)28-30-19-11-10-18(29)15-23(19)37-28/h3-15,25,33H,1-2H3/b12-8+. The maximum absolute atomic E-state index is 13.5. The van der Waals surface area contributed by atoms with Crippen LogP contribution < -0.4 is 14.4 Å². The van der Waals surface area contributed by atoms with E-state index in [9.17, 15) is 14.7 Å². The van der Waals surface area contributed by atoms with E-state index in [-0.39, 0.29) is 5.57 Å². The molecule has 9 heteroatoms. The molecule has 5 rings (SSSR count). The number of ketones is 1. The maximum atomic E-state index is 13.5. The van der Waals surface area contributed by atoms with E-state index in [0.29, 0.717) is 32.7 Å². The summed E-state index contributed by atoms with van der Waals surface area (Å²) < 4.78 is 11.6. The molecule has 1 unspecified atom stereocenters. The highest BCUT2D eigenvalue weighted by Crippen LogP contribution is 2.45. The van der Waals surface area contributed by atoms with Crippen LogP contribution in [0.2, 0.25) is 5.02 Å². The van der Waals surface area contributed by atoms with Gasteiger partial charge in [0.15, 0.2) is 28.2 Å². The van der Waals surface area contributed by atoms with Crippen molar-refractivity contribution in [3.8, 4) is 11.5 Å². The highest BCUT2D eigenvalue weighted by atomic mass is 35.5. The van der Waals surface area contributed by atoms with Gasteiger partial charge in [0.1, 0.15) is 0 Å². The Morgan fingerprint density at radius 1 is 1.05 bits per heavy atom. The number of aliphatic hydroxyl groups excluding tert-OH is 1. The Kier molecular flexibility index (Phi) is 6.69. The molecule has 0 fully saturated rings. The number of aromatic nitrogens is 1. The first-order valence-corrected chi connectivity index (χ1v) is 12.4. The number of aliphatic hydroxyl groups is 1. The second-order valence-corrected chi connectivity index (χ2v) is 9.62. The number of benzene rings is 3. The summed E-state index contributed by atoms with van der Waals surface area (Å²) >= 11 is 7.39. The van der Waals surface area contributed by atoms with E-state index in [1.54, 1.807) is 42.5 Å². The van der Waals surface area contributed by atoms with Crippen LogP contribution in [0.5, 0.6) is 11.5 Å². The van der Waals surface area contributed by atoms with Crippen LogP contribution in [0.3, 0.4) is 0 Å². The Labute approximate surface area is 221 Å². The van der Waals surface area contributed by atoms with E-state index in [1.165, 1.54) is 36.5 Å². The molecule has 1 aromatic heterocycles. The number of methoxy groups -OCH3 is 2. The molecule has 1 atom stereocenters. The van der Waals surface area contributed by atoms with Crippen molar-refractivity contribution in [2.75, 3.05) is 19.1 Å². The number of allylic oxidation sites excluding steroid dienone is 1. The Morgan fingerprint density at radius 2 is 1.81 bits per heavy atom. The molecule has 4 aromatic rings. The van der Waals surface area contributed by atoms with Crippen LogP contribution in [0.25, 0.3) is 16.3 Å². The van der Waals surface area contributed by atoms with Crippen molar-refractivity contribution in [2.24, 2.45) is 0 Å². The topological polar surface area (TPSA) is 89.0 Å². The number of ether oxygens (including phenoxy) is 2. The van der Waals surface area contributed by atoms with Crippen LogP contribution in [-0.4, -0.2) is 36.0 Å². The second-order valence-electron chi connectivity index (χ2n) is 8.17. The van der Waals surface area contributed by atoms with Gasteiger partial charge in [-0.15, -0.1) is 0 Å². The lowest BCUT2D eigenvalue weighted by atomic mass is 9.95. The van der Waals surface area contributed by atoms with Crippen molar-refractivity contribution in [1.82, 2.24) is 4.98 Å². The predicted octanol–water partition coefficient (Wildman–Crippen LogP) is 6.15. The Balaban J connectivity index is 1.64. The zero-order chi connectivity index (χ0) is 26.1. The second kappa shape index (κ2) is 10.1. The molecule has 37 heavy (non-hydrogen) atoms. The van der Waals surface area contributed by atoms with E-state index >= 15 is 0 Å².